The summed E-state index contributed by atoms with van der Waals surface area (Å²) >= 11 is 0. The first kappa shape index (κ1) is 11.2. The van der Waals surface area contributed by atoms with Crippen molar-refractivity contribution < 1.29 is 5.11 Å². The number of H-pyrrole nitrogens is 1. The fourth-order valence-corrected chi connectivity index (χ4v) is 1.29. The number of hydrogen-bond acceptors (Lipinski definition) is 3. The molecular weight excluding hydrogens is 178 g/mol. The molecule has 0 aliphatic heterocycles. The smallest absolute Gasteiger partial charge is 0.0549 e. The normalized spacial score (nSPS) is 15.4. The number of nitrogens with one attached hydrogen (secondary N) is 2. The average molecular weight is 197 g/mol. The molecule has 2 unspecified atom stereocenters. The van der Waals surface area contributed by atoms with Gasteiger partial charge in [0.05, 0.1) is 11.8 Å². The van der Waals surface area contributed by atoms with Gasteiger partial charge in [-0.1, -0.05) is 6.92 Å². The Morgan fingerprint density at radius 3 is 3.00 bits per heavy atom. The lowest BCUT2D eigenvalue weighted by atomic mass is 10.2. The van der Waals surface area contributed by atoms with Crippen LogP contribution in [0.2, 0.25) is 0 Å². The van der Waals surface area contributed by atoms with Crippen molar-refractivity contribution in [3.63, 3.8) is 0 Å². The molecule has 0 radical (unpaired) electrons. The highest BCUT2D eigenvalue weighted by Crippen LogP contribution is 2.07. The van der Waals surface area contributed by atoms with Gasteiger partial charge in [0, 0.05) is 12.2 Å². The fourth-order valence-electron chi connectivity index (χ4n) is 1.29. The molecule has 0 aliphatic rings. The van der Waals surface area contributed by atoms with Gasteiger partial charge in [0.25, 0.3) is 0 Å². The molecule has 0 bridgehead atoms. The quantitative estimate of drug-likeness (QED) is 0.642. The zero-order chi connectivity index (χ0) is 10.4. The maximum Gasteiger partial charge on any atom is 0.0549 e. The third-order valence-corrected chi connectivity index (χ3v) is 2.39. The van der Waals surface area contributed by atoms with E-state index in [4.69, 9.17) is 0 Å². The number of hydrogen-bond donors (Lipinski definition) is 3. The molecule has 1 aromatic rings. The highest BCUT2D eigenvalue weighted by Gasteiger charge is 2.06. The number of aromatic nitrogens is 2. The summed E-state index contributed by atoms with van der Waals surface area (Å²) in [6.07, 6.45) is 3.18. The molecule has 0 amide bonds. The first-order valence-electron chi connectivity index (χ1n) is 5.14. The largest absolute Gasteiger partial charge is 0.393 e. The molecule has 0 fully saturated rings. The summed E-state index contributed by atoms with van der Waals surface area (Å²) in [5.41, 5.74) is 1.08. The molecule has 1 rings (SSSR count). The van der Waals surface area contributed by atoms with Gasteiger partial charge in [0.2, 0.25) is 0 Å². The van der Waals surface area contributed by atoms with Crippen molar-refractivity contribution in [3.8, 4) is 0 Å². The first-order valence-corrected chi connectivity index (χ1v) is 5.14. The van der Waals surface area contributed by atoms with E-state index in [1.807, 2.05) is 13.0 Å². The van der Waals surface area contributed by atoms with Gasteiger partial charge >= 0.3 is 0 Å². The van der Waals surface area contributed by atoms with Crippen LogP contribution < -0.4 is 5.32 Å². The second-order valence-corrected chi connectivity index (χ2v) is 3.54. The molecule has 14 heavy (non-hydrogen) atoms. The predicted molar refractivity (Wildman–Crippen MR) is 55.9 cm³/mol. The third kappa shape index (κ3) is 3.47. The Hall–Kier alpha value is -0.870. The van der Waals surface area contributed by atoms with Crippen molar-refractivity contribution in [1.82, 2.24) is 15.5 Å². The second kappa shape index (κ2) is 5.78. The fraction of sp³-hybridized carbons (Fsp3) is 0.700. The van der Waals surface area contributed by atoms with Crippen LogP contribution in [0.15, 0.2) is 12.3 Å². The molecule has 1 aromatic heterocycles. The number of rotatable bonds is 6. The van der Waals surface area contributed by atoms with Crippen molar-refractivity contribution in [1.29, 1.82) is 0 Å². The van der Waals surface area contributed by atoms with Crippen molar-refractivity contribution in [2.75, 3.05) is 6.54 Å². The summed E-state index contributed by atoms with van der Waals surface area (Å²) in [7, 11) is 0. The Morgan fingerprint density at radius 2 is 2.43 bits per heavy atom. The van der Waals surface area contributed by atoms with Crippen LogP contribution in [0.5, 0.6) is 0 Å². The highest BCUT2D eigenvalue weighted by molar-refractivity contribution is 5.02. The van der Waals surface area contributed by atoms with Crippen LogP contribution in [0, 0.1) is 0 Å². The molecule has 0 saturated carbocycles. The van der Waals surface area contributed by atoms with Gasteiger partial charge in [0.15, 0.2) is 0 Å². The highest BCUT2D eigenvalue weighted by atomic mass is 16.3. The van der Waals surface area contributed by atoms with E-state index >= 15 is 0 Å². The van der Waals surface area contributed by atoms with E-state index in [0.717, 1.165) is 25.1 Å². The Labute approximate surface area is 84.7 Å². The summed E-state index contributed by atoms with van der Waals surface area (Å²) in [5, 5.41) is 19.5. The molecule has 0 saturated heterocycles. The van der Waals surface area contributed by atoms with Crippen molar-refractivity contribution >= 4 is 0 Å². The minimum Gasteiger partial charge on any atom is -0.393 e. The Balaban J connectivity index is 2.19. The summed E-state index contributed by atoms with van der Waals surface area (Å²) in [5.74, 6) is 0. The SMILES string of the molecule is CCC(O)CCNC(C)c1ccn[nH]1. The van der Waals surface area contributed by atoms with Gasteiger partial charge in [-0.3, -0.25) is 5.10 Å². The van der Waals surface area contributed by atoms with Gasteiger partial charge in [0.1, 0.15) is 0 Å². The topological polar surface area (TPSA) is 60.9 Å². The number of aliphatic hydroxyl groups excluding tert-OH is 1. The summed E-state index contributed by atoms with van der Waals surface area (Å²) in [6.45, 7) is 4.89. The molecular formula is C10H19N3O. The lowest BCUT2D eigenvalue weighted by Crippen LogP contribution is -2.23. The van der Waals surface area contributed by atoms with Crippen molar-refractivity contribution in [2.24, 2.45) is 0 Å². The van der Waals surface area contributed by atoms with Gasteiger partial charge in [-0.2, -0.15) is 5.10 Å². The molecule has 3 N–H and O–H groups in total. The lowest BCUT2D eigenvalue weighted by molar-refractivity contribution is 0.158. The summed E-state index contributed by atoms with van der Waals surface area (Å²) in [4.78, 5) is 0. The van der Waals surface area contributed by atoms with Crippen LogP contribution in [-0.2, 0) is 0 Å². The van der Waals surface area contributed by atoms with E-state index in [9.17, 15) is 5.11 Å². The van der Waals surface area contributed by atoms with E-state index in [1.54, 1.807) is 6.20 Å². The standard InChI is InChI=1S/C10H19N3O/c1-3-9(14)4-6-11-8(2)10-5-7-12-13-10/h5,7-9,11,14H,3-4,6H2,1-2H3,(H,12,13). The van der Waals surface area contributed by atoms with Crippen LogP contribution >= 0.6 is 0 Å². The molecule has 0 spiro atoms. The second-order valence-electron chi connectivity index (χ2n) is 3.54. The zero-order valence-electron chi connectivity index (χ0n) is 8.83. The maximum absolute atomic E-state index is 9.34. The molecule has 1 heterocycles. The molecule has 0 aliphatic carbocycles. The van der Waals surface area contributed by atoms with E-state index in [-0.39, 0.29) is 12.1 Å². The van der Waals surface area contributed by atoms with Gasteiger partial charge in [-0.15, -0.1) is 0 Å². The molecule has 2 atom stereocenters. The van der Waals surface area contributed by atoms with Crippen LogP contribution in [0.25, 0.3) is 0 Å². The minimum absolute atomic E-state index is 0.184. The van der Waals surface area contributed by atoms with Crippen molar-refractivity contribution in [2.45, 2.75) is 38.8 Å². The van der Waals surface area contributed by atoms with E-state index in [2.05, 4.69) is 22.4 Å². The van der Waals surface area contributed by atoms with E-state index < -0.39 is 0 Å². The predicted octanol–water partition coefficient (Wildman–Crippen LogP) is 1.22. The lowest BCUT2D eigenvalue weighted by Gasteiger charge is -2.13. The molecule has 80 valence electrons. The Morgan fingerprint density at radius 1 is 1.64 bits per heavy atom. The average Bonchev–Trinajstić information content (AvgIpc) is 2.70. The number of aliphatic hydroxyl groups is 1. The van der Waals surface area contributed by atoms with Crippen LogP contribution in [-0.4, -0.2) is 28.0 Å². The van der Waals surface area contributed by atoms with Gasteiger partial charge < -0.3 is 10.4 Å². The summed E-state index contributed by atoms with van der Waals surface area (Å²) < 4.78 is 0. The molecule has 4 nitrogen and oxygen atoms in total. The summed E-state index contributed by atoms with van der Waals surface area (Å²) in [6, 6.07) is 2.22. The monoisotopic (exact) mass is 197 g/mol. The van der Waals surface area contributed by atoms with E-state index in [1.165, 1.54) is 0 Å². The zero-order valence-corrected chi connectivity index (χ0v) is 8.83. The van der Waals surface area contributed by atoms with Gasteiger partial charge in [-0.05, 0) is 32.4 Å². The van der Waals surface area contributed by atoms with Crippen LogP contribution in [0.4, 0.5) is 0 Å². The third-order valence-electron chi connectivity index (χ3n) is 2.39. The molecule has 0 aromatic carbocycles. The number of aromatic amines is 1. The Kier molecular flexibility index (Phi) is 4.62. The maximum atomic E-state index is 9.34. The van der Waals surface area contributed by atoms with Crippen LogP contribution in [0.3, 0.4) is 0 Å². The minimum atomic E-state index is -0.184. The van der Waals surface area contributed by atoms with Gasteiger partial charge in [-0.25, -0.2) is 0 Å². The van der Waals surface area contributed by atoms with E-state index in [0.29, 0.717) is 0 Å². The van der Waals surface area contributed by atoms with Crippen molar-refractivity contribution in [3.05, 3.63) is 18.0 Å². The number of nitrogens with zero attached hydrogens (tertiary/aromatic N) is 1. The van der Waals surface area contributed by atoms with Crippen LogP contribution in [0.1, 0.15) is 38.4 Å². The first-order chi connectivity index (χ1) is 6.74. The molecule has 4 heteroatoms. The Bertz CT molecular complexity index is 236.